The maximum Gasteiger partial charge on any atom is 0.416 e. The molecule has 0 unspecified atom stereocenters. The predicted molar refractivity (Wildman–Crippen MR) is 115 cm³/mol. The van der Waals surface area contributed by atoms with Crippen LogP contribution in [0.5, 0.6) is 5.75 Å². The van der Waals surface area contributed by atoms with Gasteiger partial charge in [0.25, 0.3) is 0 Å². The summed E-state index contributed by atoms with van der Waals surface area (Å²) in [6.45, 7) is 0.835. The minimum Gasteiger partial charge on any atom is -0.481 e. The molecule has 0 radical (unpaired) electrons. The lowest BCUT2D eigenvalue weighted by atomic mass is 9.99. The normalized spacial score (nSPS) is 11.9. The molecule has 0 aliphatic carbocycles. The number of aryl methyl sites for hydroxylation is 1. The van der Waals surface area contributed by atoms with E-state index in [-0.39, 0.29) is 28.3 Å². The fourth-order valence-electron chi connectivity index (χ4n) is 3.16. The molecule has 0 spiro atoms. The highest BCUT2D eigenvalue weighted by Crippen LogP contribution is 2.36. The predicted octanol–water partition coefficient (Wildman–Crippen LogP) is 4.62. The van der Waals surface area contributed by atoms with Crippen LogP contribution in [-0.2, 0) is 27.5 Å². The number of ether oxygens (including phenoxy) is 1. The zero-order chi connectivity index (χ0) is 24.2. The number of hydrogen-bond acceptors (Lipinski definition) is 4. The molecular formula is C23H20F3NO5S. The van der Waals surface area contributed by atoms with Gasteiger partial charge in [-0.15, -0.1) is 0 Å². The molecule has 6 nitrogen and oxygen atoms in total. The summed E-state index contributed by atoms with van der Waals surface area (Å²) in [4.78, 5) is 11.0. The number of hydrogen-bond donors (Lipinski definition) is 2. The van der Waals surface area contributed by atoms with Gasteiger partial charge in [0.1, 0.15) is 5.75 Å². The Kier molecular flexibility index (Phi) is 7.09. The monoisotopic (exact) mass is 479 g/mol. The number of carboxylic acid groups (broad SMARTS) is 1. The molecule has 0 aliphatic rings. The van der Waals surface area contributed by atoms with E-state index >= 15 is 0 Å². The molecule has 0 saturated heterocycles. The van der Waals surface area contributed by atoms with Gasteiger partial charge in [0, 0.05) is 12.1 Å². The number of carbonyl (C=O) groups is 1. The highest BCUT2D eigenvalue weighted by atomic mass is 32.2. The van der Waals surface area contributed by atoms with Crippen molar-refractivity contribution in [3.05, 3.63) is 83.4 Å². The fraction of sp³-hybridized carbons (Fsp3) is 0.174. The van der Waals surface area contributed by atoms with Crippen molar-refractivity contribution in [2.24, 2.45) is 0 Å². The lowest BCUT2D eigenvalue weighted by Gasteiger charge is -2.15. The summed E-state index contributed by atoms with van der Waals surface area (Å²) in [6, 6.07) is 15.3. The Morgan fingerprint density at radius 3 is 2.42 bits per heavy atom. The van der Waals surface area contributed by atoms with Crippen LogP contribution in [-0.4, -0.2) is 26.1 Å². The van der Waals surface area contributed by atoms with Crippen LogP contribution in [0.25, 0.3) is 11.1 Å². The number of carboxylic acids is 1. The third-order valence-electron chi connectivity index (χ3n) is 4.75. The molecule has 0 bridgehead atoms. The average Bonchev–Trinajstić information content (AvgIpc) is 2.76. The Balaban J connectivity index is 1.95. The zero-order valence-corrected chi connectivity index (χ0v) is 18.2. The molecule has 3 aromatic rings. The van der Waals surface area contributed by atoms with Gasteiger partial charge in [-0.05, 0) is 53.9 Å². The zero-order valence-electron chi connectivity index (χ0n) is 17.4. The number of benzene rings is 3. The molecule has 0 aliphatic heterocycles. The molecule has 10 heteroatoms. The molecule has 0 fully saturated rings. The summed E-state index contributed by atoms with van der Waals surface area (Å²) in [5.74, 6) is -1.19. The van der Waals surface area contributed by atoms with E-state index in [0.29, 0.717) is 11.1 Å². The van der Waals surface area contributed by atoms with Crippen molar-refractivity contribution in [3.63, 3.8) is 0 Å². The van der Waals surface area contributed by atoms with E-state index in [1.54, 1.807) is 25.1 Å². The third-order valence-corrected chi connectivity index (χ3v) is 6.31. The van der Waals surface area contributed by atoms with Gasteiger partial charge in [0.2, 0.25) is 10.0 Å². The Morgan fingerprint density at radius 1 is 1.03 bits per heavy atom. The van der Waals surface area contributed by atoms with Crippen LogP contribution in [0.1, 0.15) is 16.7 Å². The van der Waals surface area contributed by atoms with Crippen molar-refractivity contribution in [3.8, 4) is 16.9 Å². The Labute approximate surface area is 188 Å². The molecule has 0 heterocycles. The van der Waals surface area contributed by atoms with Gasteiger partial charge in [-0.2, -0.15) is 13.2 Å². The van der Waals surface area contributed by atoms with Gasteiger partial charge in [0.05, 0.1) is 10.5 Å². The van der Waals surface area contributed by atoms with Crippen molar-refractivity contribution in [1.82, 2.24) is 4.72 Å². The molecule has 0 atom stereocenters. The molecule has 2 N–H and O–H groups in total. The first-order chi connectivity index (χ1) is 15.5. The maximum atomic E-state index is 13.2. The van der Waals surface area contributed by atoms with Crippen LogP contribution in [0.3, 0.4) is 0 Å². The molecule has 174 valence electrons. The van der Waals surface area contributed by atoms with Crippen LogP contribution in [0.15, 0.2) is 71.6 Å². The summed E-state index contributed by atoms with van der Waals surface area (Å²) >= 11 is 0. The number of halogens is 3. The first kappa shape index (κ1) is 24.3. The molecule has 0 amide bonds. The van der Waals surface area contributed by atoms with E-state index in [2.05, 4.69) is 4.72 Å². The van der Waals surface area contributed by atoms with Gasteiger partial charge in [-0.3, -0.25) is 0 Å². The van der Waals surface area contributed by atoms with Crippen LogP contribution in [0.4, 0.5) is 13.2 Å². The molecular weight excluding hydrogens is 459 g/mol. The lowest BCUT2D eigenvalue weighted by Crippen LogP contribution is -2.24. The summed E-state index contributed by atoms with van der Waals surface area (Å²) < 4.78 is 72.6. The van der Waals surface area contributed by atoms with Gasteiger partial charge in [-0.1, -0.05) is 36.4 Å². The van der Waals surface area contributed by atoms with E-state index in [1.165, 1.54) is 36.4 Å². The van der Waals surface area contributed by atoms with Gasteiger partial charge in [0.15, 0.2) is 6.61 Å². The summed E-state index contributed by atoms with van der Waals surface area (Å²) in [6.07, 6.45) is -4.57. The quantitative estimate of drug-likeness (QED) is 0.492. The maximum absolute atomic E-state index is 13.2. The van der Waals surface area contributed by atoms with Crippen molar-refractivity contribution in [2.75, 3.05) is 6.61 Å². The topological polar surface area (TPSA) is 92.7 Å². The molecule has 0 saturated carbocycles. The smallest absolute Gasteiger partial charge is 0.416 e. The van der Waals surface area contributed by atoms with E-state index < -0.39 is 34.3 Å². The van der Waals surface area contributed by atoms with E-state index in [1.807, 2.05) is 0 Å². The third kappa shape index (κ3) is 6.11. The Morgan fingerprint density at radius 2 is 1.76 bits per heavy atom. The van der Waals surface area contributed by atoms with E-state index in [4.69, 9.17) is 9.84 Å². The minimum atomic E-state index is -4.57. The van der Waals surface area contributed by atoms with Crippen LogP contribution in [0, 0.1) is 6.92 Å². The van der Waals surface area contributed by atoms with E-state index in [9.17, 15) is 26.4 Å². The molecule has 3 rings (SSSR count). The van der Waals surface area contributed by atoms with Gasteiger partial charge < -0.3 is 9.84 Å². The second-order valence-corrected chi connectivity index (χ2v) is 8.92. The summed E-state index contributed by atoms with van der Waals surface area (Å²) in [5.41, 5.74) is 0.480. The first-order valence-electron chi connectivity index (χ1n) is 9.68. The molecule has 33 heavy (non-hydrogen) atoms. The second-order valence-electron chi connectivity index (χ2n) is 7.18. The Bertz CT molecular complexity index is 1270. The number of alkyl halides is 3. The largest absolute Gasteiger partial charge is 0.481 e. The van der Waals surface area contributed by atoms with Crippen molar-refractivity contribution in [1.29, 1.82) is 0 Å². The molecule has 0 aromatic heterocycles. The van der Waals surface area contributed by atoms with Crippen LogP contribution in [0.2, 0.25) is 0 Å². The van der Waals surface area contributed by atoms with Crippen molar-refractivity contribution < 1.29 is 36.2 Å². The summed E-state index contributed by atoms with van der Waals surface area (Å²) in [5, 5.41) is 8.90. The highest BCUT2D eigenvalue weighted by Gasteiger charge is 2.30. The standard InChI is InChI=1S/C23H20F3NO5S/c1-15-5-2-3-8-21(15)33(30,31)27-13-16-9-10-20(32-14-22(28)29)19(11-16)17-6-4-7-18(12-17)23(24,25)26/h2-12,27H,13-14H2,1H3,(H,28,29). The first-order valence-corrected chi connectivity index (χ1v) is 11.2. The highest BCUT2D eigenvalue weighted by molar-refractivity contribution is 7.89. The van der Waals surface area contributed by atoms with Crippen molar-refractivity contribution >= 4 is 16.0 Å². The Hall–Kier alpha value is -3.37. The second kappa shape index (κ2) is 9.63. The average molecular weight is 479 g/mol. The van der Waals surface area contributed by atoms with Crippen LogP contribution >= 0.6 is 0 Å². The minimum absolute atomic E-state index is 0.0576. The van der Waals surface area contributed by atoms with E-state index in [0.717, 1.165) is 12.1 Å². The molecule has 3 aromatic carbocycles. The number of sulfonamides is 1. The number of aliphatic carboxylic acids is 1. The number of rotatable bonds is 8. The SMILES string of the molecule is Cc1ccccc1S(=O)(=O)NCc1ccc(OCC(=O)O)c(-c2cccc(C(F)(F)F)c2)c1. The van der Waals surface area contributed by atoms with Crippen LogP contribution < -0.4 is 9.46 Å². The van der Waals surface area contributed by atoms with Gasteiger partial charge in [-0.25, -0.2) is 17.9 Å². The summed E-state index contributed by atoms with van der Waals surface area (Å²) in [7, 11) is -3.83. The van der Waals surface area contributed by atoms with Crippen molar-refractivity contribution in [2.45, 2.75) is 24.5 Å². The number of nitrogens with one attached hydrogen (secondary N) is 1. The lowest BCUT2D eigenvalue weighted by molar-refractivity contribution is -0.139. The fourth-order valence-corrected chi connectivity index (χ4v) is 4.42. The van der Waals surface area contributed by atoms with Gasteiger partial charge >= 0.3 is 12.1 Å².